The zero-order valence-corrected chi connectivity index (χ0v) is 10.3. The number of esters is 1. The van der Waals surface area contributed by atoms with E-state index in [1.165, 1.54) is 0 Å². The van der Waals surface area contributed by atoms with Gasteiger partial charge in [0.05, 0.1) is 18.6 Å². The van der Waals surface area contributed by atoms with Gasteiger partial charge in [-0.25, -0.2) is 0 Å². The number of hydrogen-bond donors (Lipinski definition) is 1. The van der Waals surface area contributed by atoms with Crippen LogP contribution >= 0.6 is 0 Å². The highest BCUT2D eigenvalue weighted by Crippen LogP contribution is 2.62. The highest BCUT2D eigenvalue weighted by atomic mass is 16.5. The minimum atomic E-state index is -0.262. The summed E-state index contributed by atoms with van der Waals surface area (Å²) >= 11 is 0. The molecule has 0 aromatic carbocycles. The Kier molecular flexibility index (Phi) is 2.54. The fourth-order valence-electron chi connectivity index (χ4n) is 4.32. The summed E-state index contributed by atoms with van der Waals surface area (Å²) in [6, 6.07) is 0. The van der Waals surface area contributed by atoms with Crippen LogP contribution in [0.2, 0.25) is 0 Å². The Morgan fingerprint density at radius 1 is 1.53 bits per heavy atom. The van der Waals surface area contributed by atoms with Crippen molar-refractivity contribution in [2.24, 2.45) is 23.2 Å². The molecule has 1 spiro atoms. The number of hydrogen-bond acceptors (Lipinski definition) is 3. The minimum absolute atomic E-state index is 0.00472. The summed E-state index contributed by atoms with van der Waals surface area (Å²) in [4.78, 5) is 12.1. The van der Waals surface area contributed by atoms with Crippen molar-refractivity contribution in [3.63, 3.8) is 0 Å². The first-order valence-electron chi connectivity index (χ1n) is 6.73. The normalized spacial score (nSPS) is 46.9. The molecular formula is C14H20O3. The van der Waals surface area contributed by atoms with Crippen LogP contribution in [0.25, 0.3) is 0 Å². The molecule has 0 aromatic heterocycles. The van der Waals surface area contributed by atoms with Crippen LogP contribution < -0.4 is 0 Å². The fraction of sp³-hybridized carbons (Fsp3) is 0.786. The summed E-state index contributed by atoms with van der Waals surface area (Å²) in [7, 11) is 0. The van der Waals surface area contributed by atoms with Crippen LogP contribution in [0.15, 0.2) is 12.2 Å². The standard InChI is InChI=1S/C14H20O3/c1-2-17-13(16)12-9-6-7-14(8-9)10(12)4-3-5-11(14)15/h6-7,9-12,15H,2-5,8H2,1H3. The Morgan fingerprint density at radius 2 is 2.35 bits per heavy atom. The van der Waals surface area contributed by atoms with Crippen molar-refractivity contribution in [3.05, 3.63) is 12.2 Å². The van der Waals surface area contributed by atoms with Gasteiger partial charge in [-0.05, 0) is 38.0 Å². The number of aliphatic hydroxyl groups is 1. The third kappa shape index (κ3) is 1.41. The summed E-state index contributed by atoms with van der Waals surface area (Å²) in [5, 5.41) is 10.3. The molecule has 17 heavy (non-hydrogen) atoms. The summed E-state index contributed by atoms with van der Waals surface area (Å²) in [5.74, 6) is 0.546. The second-order valence-corrected chi connectivity index (χ2v) is 5.67. The van der Waals surface area contributed by atoms with Gasteiger partial charge in [0, 0.05) is 5.41 Å². The van der Waals surface area contributed by atoms with Gasteiger partial charge in [-0.2, -0.15) is 0 Å². The average Bonchev–Trinajstić information content (AvgIpc) is 2.85. The number of fused-ring (bicyclic) bond motifs is 1. The highest BCUT2D eigenvalue weighted by Gasteiger charge is 2.61. The zero-order valence-electron chi connectivity index (χ0n) is 10.3. The van der Waals surface area contributed by atoms with Crippen LogP contribution in [0.4, 0.5) is 0 Å². The van der Waals surface area contributed by atoms with Crippen molar-refractivity contribution in [1.82, 2.24) is 0 Å². The van der Waals surface area contributed by atoms with Crippen LogP contribution in [0.3, 0.4) is 0 Å². The topological polar surface area (TPSA) is 46.5 Å². The van der Waals surface area contributed by atoms with Gasteiger partial charge in [-0.3, -0.25) is 4.79 Å². The van der Waals surface area contributed by atoms with Crippen molar-refractivity contribution in [2.45, 2.75) is 38.7 Å². The molecule has 0 radical (unpaired) electrons. The Balaban J connectivity index is 1.90. The average molecular weight is 236 g/mol. The number of aliphatic hydroxyl groups excluding tert-OH is 1. The largest absolute Gasteiger partial charge is 0.466 e. The molecule has 3 nitrogen and oxygen atoms in total. The fourth-order valence-corrected chi connectivity index (χ4v) is 4.32. The summed E-state index contributed by atoms with van der Waals surface area (Å²) < 4.78 is 5.20. The van der Waals surface area contributed by atoms with Gasteiger partial charge >= 0.3 is 5.97 Å². The van der Waals surface area contributed by atoms with E-state index < -0.39 is 0 Å². The maximum Gasteiger partial charge on any atom is 0.309 e. The Hall–Kier alpha value is -0.830. The van der Waals surface area contributed by atoms with Gasteiger partial charge in [0.25, 0.3) is 0 Å². The van der Waals surface area contributed by atoms with Gasteiger partial charge in [0.15, 0.2) is 0 Å². The second-order valence-electron chi connectivity index (χ2n) is 5.67. The van der Waals surface area contributed by atoms with Crippen LogP contribution in [0.5, 0.6) is 0 Å². The van der Waals surface area contributed by atoms with E-state index in [2.05, 4.69) is 12.2 Å². The molecule has 2 fully saturated rings. The highest BCUT2D eigenvalue weighted by molar-refractivity contribution is 5.75. The molecular weight excluding hydrogens is 216 g/mol. The first-order chi connectivity index (χ1) is 8.19. The molecule has 94 valence electrons. The van der Waals surface area contributed by atoms with Crippen molar-refractivity contribution in [3.8, 4) is 0 Å². The first-order valence-corrected chi connectivity index (χ1v) is 6.73. The van der Waals surface area contributed by atoms with Crippen molar-refractivity contribution in [2.75, 3.05) is 6.61 Å². The van der Waals surface area contributed by atoms with Crippen LogP contribution in [0.1, 0.15) is 32.6 Å². The van der Waals surface area contributed by atoms with E-state index in [1.54, 1.807) is 0 Å². The van der Waals surface area contributed by atoms with Crippen molar-refractivity contribution >= 4 is 5.97 Å². The van der Waals surface area contributed by atoms with Gasteiger partial charge in [-0.1, -0.05) is 18.6 Å². The Bertz CT molecular complexity index is 362. The summed E-state index contributed by atoms with van der Waals surface area (Å²) in [6.07, 6.45) is 7.97. The summed E-state index contributed by atoms with van der Waals surface area (Å²) in [5.41, 5.74) is -0.111. The minimum Gasteiger partial charge on any atom is -0.466 e. The number of allylic oxidation sites excluding steroid dienone is 1. The van der Waals surface area contributed by atoms with E-state index in [9.17, 15) is 9.90 Å². The number of ether oxygens (including phenoxy) is 1. The molecule has 3 heteroatoms. The molecule has 0 heterocycles. The number of carbonyl (C=O) groups is 1. The van der Waals surface area contributed by atoms with Crippen molar-refractivity contribution in [1.29, 1.82) is 0 Å². The first kappa shape index (κ1) is 11.3. The molecule has 5 unspecified atom stereocenters. The molecule has 1 N–H and O–H groups in total. The van der Waals surface area contributed by atoms with Crippen LogP contribution in [-0.2, 0) is 9.53 Å². The molecule has 3 aliphatic carbocycles. The Morgan fingerprint density at radius 3 is 3.12 bits per heavy atom. The van der Waals surface area contributed by atoms with E-state index in [1.807, 2.05) is 6.92 Å². The number of carbonyl (C=O) groups excluding carboxylic acids is 1. The third-order valence-corrected chi connectivity index (χ3v) is 5.00. The van der Waals surface area contributed by atoms with Crippen LogP contribution in [-0.4, -0.2) is 23.8 Å². The summed E-state index contributed by atoms with van der Waals surface area (Å²) in [6.45, 7) is 2.31. The van der Waals surface area contributed by atoms with E-state index in [0.717, 1.165) is 25.7 Å². The smallest absolute Gasteiger partial charge is 0.309 e. The molecule has 2 saturated carbocycles. The lowest BCUT2D eigenvalue weighted by Gasteiger charge is -2.43. The lowest BCUT2D eigenvalue weighted by Crippen LogP contribution is -2.44. The molecule has 5 atom stereocenters. The molecule has 0 saturated heterocycles. The van der Waals surface area contributed by atoms with Gasteiger partial charge in [-0.15, -0.1) is 0 Å². The molecule has 3 aliphatic rings. The second kappa shape index (κ2) is 3.84. The predicted molar refractivity (Wildman–Crippen MR) is 63.2 cm³/mol. The quantitative estimate of drug-likeness (QED) is 0.588. The number of rotatable bonds is 2. The van der Waals surface area contributed by atoms with E-state index >= 15 is 0 Å². The van der Waals surface area contributed by atoms with E-state index in [-0.39, 0.29) is 23.4 Å². The third-order valence-electron chi connectivity index (χ3n) is 5.00. The lowest BCUT2D eigenvalue weighted by molar-refractivity contribution is -0.152. The van der Waals surface area contributed by atoms with Crippen molar-refractivity contribution < 1.29 is 14.6 Å². The Labute approximate surface area is 102 Å². The molecule has 0 aromatic rings. The molecule has 0 amide bonds. The van der Waals surface area contributed by atoms with E-state index in [4.69, 9.17) is 4.74 Å². The van der Waals surface area contributed by atoms with Gasteiger partial charge in [0.2, 0.25) is 0 Å². The maximum atomic E-state index is 12.1. The lowest BCUT2D eigenvalue weighted by atomic mass is 9.64. The predicted octanol–water partition coefficient (Wildman–Crippen LogP) is 1.90. The maximum absolute atomic E-state index is 12.1. The van der Waals surface area contributed by atoms with E-state index in [0.29, 0.717) is 18.4 Å². The molecule has 0 aliphatic heterocycles. The SMILES string of the molecule is CCOC(=O)C1C2C=CC3(C2)C(O)CCCC13. The van der Waals surface area contributed by atoms with Gasteiger partial charge in [0.1, 0.15) is 0 Å². The van der Waals surface area contributed by atoms with Gasteiger partial charge < -0.3 is 9.84 Å². The van der Waals surface area contributed by atoms with Crippen LogP contribution in [0, 0.1) is 23.2 Å². The molecule has 3 rings (SSSR count). The molecule has 2 bridgehead atoms. The zero-order chi connectivity index (χ0) is 12.0. The monoisotopic (exact) mass is 236 g/mol.